The highest BCUT2D eigenvalue weighted by Crippen LogP contribution is 2.46. The van der Waals surface area contributed by atoms with Crippen molar-refractivity contribution in [2.75, 3.05) is 0 Å². The predicted octanol–water partition coefficient (Wildman–Crippen LogP) is 5.37. The zero-order valence-corrected chi connectivity index (χ0v) is 17.3. The quantitative estimate of drug-likeness (QED) is 0.545. The van der Waals surface area contributed by atoms with Gasteiger partial charge >= 0.3 is 0 Å². The number of benzene rings is 1. The third-order valence-corrected chi connectivity index (χ3v) is 5.77. The van der Waals surface area contributed by atoms with E-state index >= 15 is 0 Å². The van der Waals surface area contributed by atoms with Crippen LogP contribution >= 0.6 is 0 Å². The van der Waals surface area contributed by atoms with Gasteiger partial charge < -0.3 is 9.26 Å². The van der Waals surface area contributed by atoms with Crippen LogP contribution in [0.1, 0.15) is 92.9 Å². The summed E-state index contributed by atoms with van der Waals surface area (Å²) < 4.78 is 11.3. The van der Waals surface area contributed by atoms with Crippen molar-refractivity contribution in [3.63, 3.8) is 0 Å². The Balaban J connectivity index is 1.58. The molecule has 0 radical (unpaired) electrons. The first-order valence-corrected chi connectivity index (χ1v) is 10.5. The molecule has 0 saturated heterocycles. The third-order valence-electron chi connectivity index (χ3n) is 5.77. The molecule has 2 saturated carbocycles. The van der Waals surface area contributed by atoms with Gasteiger partial charge in [0.1, 0.15) is 5.75 Å². The van der Waals surface area contributed by atoms with E-state index in [1.54, 1.807) is 6.92 Å². The molecule has 0 aliphatic heterocycles. The van der Waals surface area contributed by atoms with Crippen molar-refractivity contribution >= 4 is 5.78 Å². The molecule has 4 rings (SSSR count). The molecule has 5 nitrogen and oxygen atoms in total. The fourth-order valence-electron chi connectivity index (χ4n) is 4.00. The molecule has 1 heterocycles. The Labute approximate surface area is 166 Å². The van der Waals surface area contributed by atoms with Crippen LogP contribution in [0.3, 0.4) is 0 Å². The minimum atomic E-state index is -0.399. The van der Waals surface area contributed by atoms with E-state index in [1.807, 2.05) is 26.0 Å². The molecule has 0 N–H and O–H groups in total. The number of Topliss-reactive ketones (excluding diaryl/α,β-unsaturated/α-hetero) is 1. The molecule has 0 bridgehead atoms. The van der Waals surface area contributed by atoms with Gasteiger partial charge in [-0.2, -0.15) is 4.98 Å². The summed E-state index contributed by atoms with van der Waals surface area (Å²) in [6.45, 7) is 7.94. The highest BCUT2D eigenvalue weighted by Gasteiger charge is 2.40. The number of carbonyl (C=O) groups is 1. The number of hydrogen-bond donors (Lipinski definition) is 0. The van der Waals surface area contributed by atoms with Crippen LogP contribution in [0.5, 0.6) is 5.75 Å². The Morgan fingerprint density at radius 3 is 2.61 bits per heavy atom. The minimum Gasteiger partial charge on any atom is -0.491 e. The number of nitrogens with zero attached hydrogens (tertiary/aromatic N) is 2. The van der Waals surface area contributed by atoms with Crippen LogP contribution in [0.4, 0.5) is 0 Å². The molecule has 2 aliphatic carbocycles. The molecule has 0 unspecified atom stereocenters. The Kier molecular flexibility index (Phi) is 5.02. The molecule has 28 heavy (non-hydrogen) atoms. The lowest BCUT2D eigenvalue weighted by molar-refractivity contribution is 0.0944. The van der Waals surface area contributed by atoms with Crippen LogP contribution in [0.2, 0.25) is 0 Å². The van der Waals surface area contributed by atoms with Gasteiger partial charge in [0, 0.05) is 24.3 Å². The summed E-state index contributed by atoms with van der Waals surface area (Å²) in [6, 6.07) is 5.98. The molecule has 2 aliphatic rings. The van der Waals surface area contributed by atoms with Gasteiger partial charge in [-0.25, -0.2) is 0 Å². The Bertz CT molecular complexity index is 864. The number of aromatic nitrogens is 2. The lowest BCUT2D eigenvalue weighted by Crippen LogP contribution is -2.28. The fourth-order valence-corrected chi connectivity index (χ4v) is 4.00. The van der Waals surface area contributed by atoms with E-state index < -0.39 is 5.41 Å². The lowest BCUT2D eigenvalue weighted by Gasteiger charge is -2.25. The zero-order chi connectivity index (χ0) is 19.9. The maximum atomic E-state index is 13.2. The second kappa shape index (κ2) is 7.34. The van der Waals surface area contributed by atoms with Gasteiger partial charge in [-0.3, -0.25) is 4.79 Å². The lowest BCUT2D eigenvalue weighted by atomic mass is 9.78. The number of aryl methyl sites for hydroxylation is 1. The summed E-state index contributed by atoms with van der Waals surface area (Å²) in [7, 11) is 0. The van der Waals surface area contributed by atoms with Crippen molar-refractivity contribution in [1.82, 2.24) is 10.1 Å². The van der Waals surface area contributed by atoms with Crippen molar-refractivity contribution in [2.24, 2.45) is 5.92 Å². The molecule has 150 valence electrons. The van der Waals surface area contributed by atoms with Crippen molar-refractivity contribution in [3.8, 4) is 5.75 Å². The smallest absolute Gasteiger partial charge is 0.223 e. The summed E-state index contributed by atoms with van der Waals surface area (Å²) >= 11 is 0. The van der Waals surface area contributed by atoms with Gasteiger partial charge in [-0.15, -0.1) is 0 Å². The SMILES string of the molecule is Cc1nc([C@@](C)(CC(=O)c2ccc(C3CC3)c(OC(C)C)c2)CC2CC2)no1. The van der Waals surface area contributed by atoms with Crippen molar-refractivity contribution < 1.29 is 14.1 Å². The van der Waals surface area contributed by atoms with E-state index in [9.17, 15) is 4.79 Å². The first-order chi connectivity index (χ1) is 13.3. The molecule has 0 amide bonds. The Morgan fingerprint density at radius 2 is 2.04 bits per heavy atom. The Hall–Kier alpha value is -2.17. The minimum absolute atomic E-state index is 0.0882. The third kappa shape index (κ3) is 4.29. The first-order valence-electron chi connectivity index (χ1n) is 10.5. The standard InChI is InChI=1S/C23H30N2O3/c1-14(2)27-21-11-18(9-10-19(21)17-7-8-17)20(26)13-23(4,12-16-5-6-16)22-24-15(3)28-25-22/h9-11,14,16-17H,5-8,12-13H2,1-4H3/t23-/m1/s1. The maximum Gasteiger partial charge on any atom is 0.223 e. The van der Waals surface area contributed by atoms with Crippen LogP contribution in [0.25, 0.3) is 0 Å². The Morgan fingerprint density at radius 1 is 1.29 bits per heavy atom. The highest BCUT2D eigenvalue weighted by molar-refractivity contribution is 5.97. The molecule has 5 heteroatoms. The molecular weight excluding hydrogens is 352 g/mol. The molecule has 0 spiro atoms. The van der Waals surface area contributed by atoms with Crippen LogP contribution < -0.4 is 4.74 Å². The van der Waals surface area contributed by atoms with E-state index in [0.29, 0.717) is 35.5 Å². The van der Waals surface area contributed by atoms with Gasteiger partial charge in [-0.1, -0.05) is 37.1 Å². The monoisotopic (exact) mass is 382 g/mol. The average Bonchev–Trinajstić information content (AvgIpc) is 3.55. The van der Waals surface area contributed by atoms with Gasteiger partial charge in [0.05, 0.1) is 6.10 Å². The van der Waals surface area contributed by atoms with Gasteiger partial charge in [0.25, 0.3) is 0 Å². The molecule has 2 aromatic rings. The van der Waals surface area contributed by atoms with E-state index in [-0.39, 0.29) is 11.9 Å². The highest BCUT2D eigenvalue weighted by atomic mass is 16.5. The maximum absolute atomic E-state index is 13.2. The zero-order valence-electron chi connectivity index (χ0n) is 17.3. The molecule has 1 aromatic heterocycles. The number of ether oxygens (including phenoxy) is 1. The number of ketones is 1. The van der Waals surface area contributed by atoms with Crippen LogP contribution in [-0.4, -0.2) is 22.0 Å². The van der Waals surface area contributed by atoms with Crippen molar-refractivity contribution in [2.45, 2.75) is 83.7 Å². The molecule has 1 atom stereocenters. The summed E-state index contributed by atoms with van der Waals surface area (Å²) in [5.41, 5.74) is 1.55. The molecule has 1 aromatic carbocycles. The predicted molar refractivity (Wildman–Crippen MR) is 107 cm³/mol. The van der Waals surface area contributed by atoms with Crippen LogP contribution in [-0.2, 0) is 5.41 Å². The first kappa shape index (κ1) is 19.2. The van der Waals surface area contributed by atoms with Crippen LogP contribution in [0.15, 0.2) is 22.7 Å². The number of carbonyl (C=O) groups excluding carboxylic acids is 1. The summed E-state index contributed by atoms with van der Waals surface area (Å²) in [5.74, 6) is 3.42. The van der Waals surface area contributed by atoms with E-state index in [1.165, 1.54) is 31.2 Å². The summed E-state index contributed by atoms with van der Waals surface area (Å²) in [4.78, 5) is 17.7. The topological polar surface area (TPSA) is 65.2 Å². The van der Waals surface area contributed by atoms with E-state index in [2.05, 4.69) is 23.1 Å². The van der Waals surface area contributed by atoms with Gasteiger partial charge in [0.15, 0.2) is 11.6 Å². The van der Waals surface area contributed by atoms with Crippen LogP contribution in [0, 0.1) is 12.8 Å². The van der Waals surface area contributed by atoms with Gasteiger partial charge in [0.2, 0.25) is 5.89 Å². The summed E-state index contributed by atoms with van der Waals surface area (Å²) in [5, 5.41) is 4.15. The van der Waals surface area contributed by atoms with Gasteiger partial charge in [-0.05, 0) is 56.6 Å². The van der Waals surface area contributed by atoms with Crippen molar-refractivity contribution in [3.05, 3.63) is 41.0 Å². The van der Waals surface area contributed by atoms with E-state index in [4.69, 9.17) is 9.26 Å². The van der Waals surface area contributed by atoms with Crippen molar-refractivity contribution in [1.29, 1.82) is 0 Å². The molecular formula is C23H30N2O3. The molecule has 2 fully saturated rings. The summed E-state index contributed by atoms with van der Waals surface area (Å²) in [6.07, 6.45) is 6.26. The number of hydrogen-bond acceptors (Lipinski definition) is 5. The normalized spacial score (nSPS) is 18.9. The second-order valence-corrected chi connectivity index (χ2v) is 9.14. The number of rotatable bonds is 9. The largest absolute Gasteiger partial charge is 0.491 e. The van der Waals surface area contributed by atoms with E-state index in [0.717, 1.165) is 12.2 Å². The average molecular weight is 383 g/mol. The second-order valence-electron chi connectivity index (χ2n) is 9.14. The fraction of sp³-hybridized carbons (Fsp3) is 0.609.